The maximum atomic E-state index is 7.56. The molecule has 0 amide bonds. The molecule has 0 saturated carbocycles. The monoisotopic (exact) mass is 907 g/mol. The first-order chi connectivity index (χ1) is 27.7. The molecule has 0 spiro atoms. The number of unbranched alkanes of at least 4 members (excludes halogenated alkanes) is 39. The van der Waals surface area contributed by atoms with Crippen molar-refractivity contribution in [1.82, 2.24) is 0 Å². The van der Waals surface area contributed by atoms with Gasteiger partial charge in [0.2, 0.25) is 0 Å². The topological polar surface area (TPSA) is 121 Å². The van der Waals surface area contributed by atoms with Gasteiger partial charge in [0.05, 0.1) is 0 Å². The van der Waals surface area contributed by atoms with E-state index >= 15 is 0 Å². The van der Waals surface area contributed by atoms with E-state index in [-0.39, 0.29) is 0 Å². The van der Waals surface area contributed by atoms with E-state index in [0.717, 1.165) is 0 Å². The van der Waals surface area contributed by atoms with Crippen LogP contribution in [0, 0.1) is 0 Å². The lowest BCUT2D eigenvalue weighted by molar-refractivity contribution is 0.361. The molecule has 6 N–H and O–H groups in total. The van der Waals surface area contributed by atoms with Crippen molar-refractivity contribution < 1.29 is 29.4 Å². The molecule has 0 atom stereocenters. The normalized spacial score (nSPS) is 11.0. The van der Waals surface area contributed by atoms with E-state index < -0.39 is 13.4 Å². The molecule has 358 valence electrons. The summed E-state index contributed by atoms with van der Waals surface area (Å²) in [5.74, 6) is 0. The van der Waals surface area contributed by atoms with Crippen molar-refractivity contribution in [2.75, 3.05) is 0 Å². The van der Waals surface area contributed by atoms with Gasteiger partial charge < -0.3 is 29.4 Å². The van der Waals surface area contributed by atoms with Crippen LogP contribution in [0.4, 0.5) is 0 Å². The third kappa shape index (κ3) is 112. The summed E-state index contributed by atoms with van der Waals surface area (Å²) in [4.78, 5) is 45.3. The summed E-state index contributed by atoms with van der Waals surface area (Å²) in [6, 6.07) is 0. The van der Waals surface area contributed by atoms with Gasteiger partial charge in [-0.05, 0) is 23.6 Å². The van der Waals surface area contributed by atoms with Crippen molar-refractivity contribution in [2.24, 2.45) is 0 Å². The van der Waals surface area contributed by atoms with E-state index in [1.165, 1.54) is 270 Å². The van der Waals surface area contributed by atoms with Gasteiger partial charge in [-0.3, -0.25) is 0 Å². The van der Waals surface area contributed by atoms with Gasteiger partial charge in [0.25, 0.3) is 0 Å². The lowest BCUT2D eigenvalue weighted by Gasteiger charge is -2.02. The fraction of sp³-hybridized carbons (Fsp3) is 1.00. The lowest BCUT2D eigenvalue weighted by atomic mass is 10.0. The Hall–Kier alpha value is 1.06. The highest BCUT2D eigenvalue weighted by Crippen LogP contribution is 2.27. The van der Waals surface area contributed by atoms with Gasteiger partial charge in [0.1, 0.15) is 0 Å². The summed E-state index contributed by atoms with van der Waals surface area (Å²) in [7, 11) is 0. The van der Waals surface area contributed by atoms with E-state index in [0.29, 0.717) is 0 Å². The van der Waals surface area contributed by atoms with E-state index in [4.69, 9.17) is 29.4 Å². The van der Waals surface area contributed by atoms with Crippen LogP contribution in [0.1, 0.15) is 311 Å². The summed E-state index contributed by atoms with van der Waals surface area (Å²) in [5.41, 5.74) is 0. The first-order valence-electron chi connectivity index (χ1n) is 25.3. The van der Waals surface area contributed by atoms with Gasteiger partial charge in [0.15, 0.2) is 0 Å². The molecule has 6 nitrogen and oxygen atoms in total. The quantitative estimate of drug-likeness (QED) is 0.0266. The number of hydrogen-bond acceptors (Lipinski definition) is 2. The highest BCUT2D eigenvalue weighted by Gasteiger charge is 1.96. The Labute approximate surface area is 375 Å². The molecule has 0 aromatic rings. The van der Waals surface area contributed by atoms with Crippen LogP contribution in [0.3, 0.4) is 0 Å². The Morgan fingerprint density at radius 2 is 0.241 bits per heavy atom. The third-order valence-electron chi connectivity index (χ3n) is 10.4. The average Bonchev–Trinajstić information content (AvgIpc) is 3.15. The van der Waals surface area contributed by atoms with Gasteiger partial charge in [-0.25, -0.2) is 0 Å². The first-order valence-corrected chi connectivity index (χ1v) is 30.6. The molecule has 0 aliphatic heterocycles. The molecular formula is C48H108O6P2S2. The predicted octanol–water partition coefficient (Wildman–Crippen LogP) is 17.8. The zero-order valence-electron chi connectivity index (χ0n) is 40.1. The standard InChI is InChI=1S/3C16H34.2H3O3PS/c3*1-3-5-7-9-11-13-15-16-14-12-10-8-6-4-2;2*1-4(2,3)5/h3*3-16H2,1-2H3;2*(H3,1,2,3,5). The zero-order chi connectivity index (χ0) is 44.7. The Bertz CT molecular complexity index is 621. The van der Waals surface area contributed by atoms with E-state index in [2.05, 4.69) is 65.2 Å². The van der Waals surface area contributed by atoms with Gasteiger partial charge in [-0.1, -0.05) is 311 Å². The number of rotatable bonds is 39. The highest BCUT2D eigenvalue weighted by atomic mass is 32.5. The molecule has 0 aromatic heterocycles. The molecular weight excluding hydrogens is 799 g/mol. The van der Waals surface area contributed by atoms with Crippen LogP contribution in [0.15, 0.2) is 0 Å². The smallest absolute Gasteiger partial charge is 0.319 e. The highest BCUT2D eigenvalue weighted by molar-refractivity contribution is 8.06. The molecule has 10 heteroatoms. The SMILES string of the molecule is CCCCCCCCCCCCCCCC.CCCCCCCCCCCCCCCC.CCCCCCCCCCCCCCCC.OP(O)(O)=S.OP(O)(O)=S. The second-order valence-electron chi connectivity index (χ2n) is 16.8. The van der Waals surface area contributed by atoms with Gasteiger partial charge in [-0.2, -0.15) is 0 Å². The van der Waals surface area contributed by atoms with Crippen molar-refractivity contribution in [3.63, 3.8) is 0 Å². The van der Waals surface area contributed by atoms with E-state index in [9.17, 15) is 0 Å². The summed E-state index contributed by atoms with van der Waals surface area (Å²) in [5, 5.41) is 0. The Balaban J connectivity index is -0.000000216. The van der Waals surface area contributed by atoms with Crippen molar-refractivity contribution in [3.8, 4) is 0 Å². The zero-order valence-corrected chi connectivity index (χ0v) is 43.5. The van der Waals surface area contributed by atoms with Crippen LogP contribution in [-0.4, -0.2) is 29.4 Å². The second-order valence-corrected chi connectivity index (χ2v) is 21.7. The van der Waals surface area contributed by atoms with Gasteiger partial charge in [0, 0.05) is 0 Å². The number of hydrogen-bond donors (Lipinski definition) is 6. The molecule has 0 fully saturated rings. The summed E-state index contributed by atoms with van der Waals surface area (Å²) < 4.78 is 0. The molecule has 0 heterocycles. The average molecular weight is 907 g/mol. The van der Waals surface area contributed by atoms with Crippen molar-refractivity contribution in [2.45, 2.75) is 311 Å². The lowest BCUT2D eigenvalue weighted by Crippen LogP contribution is -1.82. The van der Waals surface area contributed by atoms with E-state index in [1.54, 1.807) is 0 Å². The van der Waals surface area contributed by atoms with Gasteiger partial charge >= 0.3 is 13.4 Å². The van der Waals surface area contributed by atoms with Gasteiger partial charge in [-0.15, -0.1) is 0 Å². The first kappa shape index (κ1) is 68.1. The fourth-order valence-corrected chi connectivity index (χ4v) is 6.80. The maximum Gasteiger partial charge on any atom is 0.319 e. The fourth-order valence-electron chi connectivity index (χ4n) is 6.80. The maximum absolute atomic E-state index is 7.56. The Morgan fingerprint density at radius 1 is 0.190 bits per heavy atom. The summed E-state index contributed by atoms with van der Waals surface area (Å²) in [6.45, 7) is 6.13. The minimum Gasteiger partial charge on any atom is -0.325 e. The van der Waals surface area contributed by atoms with Crippen LogP contribution >= 0.6 is 13.4 Å². The van der Waals surface area contributed by atoms with Crippen molar-refractivity contribution in [3.05, 3.63) is 0 Å². The second kappa shape index (κ2) is 62.4. The molecule has 0 aromatic carbocycles. The molecule has 0 bridgehead atoms. The van der Waals surface area contributed by atoms with Crippen LogP contribution in [0.25, 0.3) is 0 Å². The largest absolute Gasteiger partial charge is 0.325 e. The minimum atomic E-state index is -3.81. The molecule has 0 unspecified atom stereocenters. The van der Waals surface area contributed by atoms with E-state index in [1.807, 2.05) is 0 Å². The summed E-state index contributed by atoms with van der Waals surface area (Å²) >= 11 is 7.21. The minimum absolute atomic E-state index is 1.37. The molecule has 0 saturated heterocycles. The van der Waals surface area contributed by atoms with Crippen LogP contribution < -0.4 is 0 Å². The molecule has 0 aliphatic rings. The predicted molar refractivity (Wildman–Crippen MR) is 270 cm³/mol. The molecule has 58 heavy (non-hydrogen) atoms. The Morgan fingerprint density at radius 3 is 0.293 bits per heavy atom. The molecule has 0 aliphatic carbocycles. The van der Waals surface area contributed by atoms with Crippen molar-refractivity contribution >= 4 is 37.1 Å². The molecule has 0 radical (unpaired) electrons. The molecule has 0 rings (SSSR count). The van der Waals surface area contributed by atoms with Crippen LogP contribution in [0.2, 0.25) is 0 Å². The Kier molecular flexibility index (Phi) is 73.2. The van der Waals surface area contributed by atoms with Crippen molar-refractivity contribution in [1.29, 1.82) is 0 Å². The summed E-state index contributed by atoms with van der Waals surface area (Å²) in [6.07, 6.45) is 61.3. The van der Waals surface area contributed by atoms with Crippen LogP contribution in [-0.2, 0) is 23.6 Å². The third-order valence-corrected chi connectivity index (χ3v) is 10.4. The van der Waals surface area contributed by atoms with Crippen LogP contribution in [0.5, 0.6) is 0 Å².